The summed E-state index contributed by atoms with van der Waals surface area (Å²) in [5, 5.41) is 2.17. The summed E-state index contributed by atoms with van der Waals surface area (Å²) >= 11 is 1.88. The summed E-state index contributed by atoms with van der Waals surface area (Å²) in [5.41, 5.74) is 0.425. The number of thiophene rings is 1. The highest BCUT2D eigenvalue weighted by molar-refractivity contribution is 7.10. The summed E-state index contributed by atoms with van der Waals surface area (Å²) in [6, 6.07) is 4.39. The highest BCUT2D eigenvalue weighted by Gasteiger charge is 2.22. The Hall–Kier alpha value is -0.300. The zero-order chi connectivity index (χ0) is 10.3. The van der Waals surface area contributed by atoms with E-state index >= 15 is 0 Å². The van der Waals surface area contributed by atoms with Gasteiger partial charge in [-0.1, -0.05) is 40.7 Å². The quantitative estimate of drug-likeness (QED) is 0.651. The molecular formula is C12H22S. The molecule has 13 heavy (non-hydrogen) atoms. The Kier molecular flexibility index (Phi) is 6.06. The standard InChI is InChI=1S/C10H16S.C2H6/c1-4-10(3,5-2)9-7-6-8-11-9;1-2/h6-8H,4-5H2,1-3H3;1-2H3. The Morgan fingerprint density at radius 1 is 1.23 bits per heavy atom. The predicted molar refractivity (Wildman–Crippen MR) is 63.6 cm³/mol. The third-order valence-corrected chi connectivity index (χ3v) is 3.85. The molecule has 0 N–H and O–H groups in total. The molecule has 0 amide bonds. The summed E-state index contributed by atoms with van der Waals surface area (Å²) in [7, 11) is 0. The van der Waals surface area contributed by atoms with Crippen molar-refractivity contribution in [3.05, 3.63) is 22.4 Å². The third-order valence-electron chi connectivity index (χ3n) is 2.68. The van der Waals surface area contributed by atoms with E-state index in [2.05, 4.69) is 38.3 Å². The van der Waals surface area contributed by atoms with Gasteiger partial charge >= 0.3 is 0 Å². The van der Waals surface area contributed by atoms with Gasteiger partial charge < -0.3 is 0 Å². The van der Waals surface area contributed by atoms with Crippen molar-refractivity contribution in [2.75, 3.05) is 0 Å². The molecule has 0 fully saturated rings. The average Bonchev–Trinajstić information content (AvgIpc) is 2.73. The van der Waals surface area contributed by atoms with E-state index in [4.69, 9.17) is 0 Å². The Morgan fingerprint density at radius 3 is 2.08 bits per heavy atom. The van der Waals surface area contributed by atoms with Crippen LogP contribution in [0.25, 0.3) is 0 Å². The van der Waals surface area contributed by atoms with Crippen LogP contribution in [0.1, 0.15) is 52.3 Å². The van der Waals surface area contributed by atoms with Gasteiger partial charge in [0.2, 0.25) is 0 Å². The zero-order valence-corrected chi connectivity index (χ0v) is 10.4. The SMILES string of the molecule is CC.CCC(C)(CC)c1cccs1. The first-order valence-electron chi connectivity index (χ1n) is 5.27. The highest BCUT2D eigenvalue weighted by Crippen LogP contribution is 2.33. The molecule has 1 rings (SSSR count). The minimum Gasteiger partial charge on any atom is -0.148 e. The van der Waals surface area contributed by atoms with E-state index in [1.165, 1.54) is 17.7 Å². The molecule has 0 radical (unpaired) electrons. The maximum absolute atomic E-state index is 2.35. The van der Waals surface area contributed by atoms with Crippen LogP contribution in [0, 0.1) is 0 Å². The molecule has 0 aliphatic heterocycles. The van der Waals surface area contributed by atoms with Gasteiger partial charge in [0.15, 0.2) is 0 Å². The van der Waals surface area contributed by atoms with Crippen molar-refractivity contribution in [2.45, 2.75) is 52.9 Å². The molecule has 0 bridgehead atoms. The summed E-state index contributed by atoms with van der Waals surface area (Å²) in [5.74, 6) is 0. The lowest BCUT2D eigenvalue weighted by atomic mass is 9.83. The smallest absolute Gasteiger partial charge is 0.0104 e. The first-order chi connectivity index (χ1) is 6.23. The Labute approximate surface area is 87.0 Å². The molecule has 0 nitrogen and oxygen atoms in total. The van der Waals surface area contributed by atoms with Crippen molar-refractivity contribution in [2.24, 2.45) is 0 Å². The van der Waals surface area contributed by atoms with Gasteiger partial charge in [-0.2, -0.15) is 0 Å². The summed E-state index contributed by atoms with van der Waals surface area (Å²) in [6.45, 7) is 10.9. The van der Waals surface area contributed by atoms with Crippen molar-refractivity contribution in [3.8, 4) is 0 Å². The van der Waals surface area contributed by atoms with Gasteiger partial charge in [-0.05, 0) is 24.3 Å². The molecule has 0 saturated carbocycles. The van der Waals surface area contributed by atoms with Crippen molar-refractivity contribution in [3.63, 3.8) is 0 Å². The monoisotopic (exact) mass is 198 g/mol. The minimum atomic E-state index is 0.425. The van der Waals surface area contributed by atoms with Crippen molar-refractivity contribution >= 4 is 11.3 Å². The molecule has 0 atom stereocenters. The molecule has 76 valence electrons. The third kappa shape index (κ3) is 3.15. The largest absolute Gasteiger partial charge is 0.148 e. The molecule has 1 heteroatoms. The van der Waals surface area contributed by atoms with E-state index in [9.17, 15) is 0 Å². The van der Waals surface area contributed by atoms with Crippen molar-refractivity contribution in [1.29, 1.82) is 0 Å². The fourth-order valence-corrected chi connectivity index (χ4v) is 2.25. The lowest BCUT2D eigenvalue weighted by molar-refractivity contribution is 0.448. The normalized spacial score (nSPS) is 10.5. The molecule has 1 heterocycles. The molecule has 1 aromatic rings. The lowest BCUT2D eigenvalue weighted by Crippen LogP contribution is -2.17. The molecule has 0 aromatic carbocycles. The summed E-state index contributed by atoms with van der Waals surface area (Å²) in [6.07, 6.45) is 2.48. The predicted octanol–water partition coefficient (Wildman–Crippen LogP) is 4.85. The number of hydrogen-bond donors (Lipinski definition) is 0. The number of hydrogen-bond acceptors (Lipinski definition) is 1. The van der Waals surface area contributed by atoms with Crippen LogP contribution in [0.15, 0.2) is 17.5 Å². The maximum Gasteiger partial charge on any atom is 0.0104 e. The van der Waals surface area contributed by atoms with Gasteiger partial charge in [-0.3, -0.25) is 0 Å². The average molecular weight is 198 g/mol. The van der Waals surface area contributed by atoms with Crippen LogP contribution in [0.4, 0.5) is 0 Å². The Balaban J connectivity index is 0.000000671. The minimum absolute atomic E-state index is 0.425. The molecule has 0 aliphatic rings. The van der Waals surface area contributed by atoms with Gasteiger partial charge in [-0.25, -0.2) is 0 Å². The second-order valence-electron chi connectivity index (χ2n) is 3.25. The van der Waals surface area contributed by atoms with Crippen LogP contribution < -0.4 is 0 Å². The fraction of sp³-hybridized carbons (Fsp3) is 0.667. The van der Waals surface area contributed by atoms with Crippen LogP contribution in [0.5, 0.6) is 0 Å². The molecule has 0 unspecified atom stereocenters. The number of rotatable bonds is 3. The fourth-order valence-electron chi connectivity index (χ4n) is 1.22. The first kappa shape index (κ1) is 12.7. The van der Waals surface area contributed by atoms with Gasteiger partial charge in [-0.15, -0.1) is 11.3 Å². The molecule has 1 aromatic heterocycles. The van der Waals surface area contributed by atoms with E-state index in [0.717, 1.165) is 0 Å². The maximum atomic E-state index is 2.35. The van der Waals surface area contributed by atoms with Crippen LogP contribution in [-0.4, -0.2) is 0 Å². The van der Waals surface area contributed by atoms with Gasteiger partial charge in [0.05, 0.1) is 0 Å². The van der Waals surface area contributed by atoms with Crippen LogP contribution in [-0.2, 0) is 5.41 Å². The molecule has 0 aliphatic carbocycles. The zero-order valence-electron chi connectivity index (χ0n) is 9.55. The van der Waals surface area contributed by atoms with Crippen LogP contribution in [0.2, 0.25) is 0 Å². The van der Waals surface area contributed by atoms with Crippen LogP contribution >= 0.6 is 11.3 Å². The van der Waals surface area contributed by atoms with Gasteiger partial charge in [0.1, 0.15) is 0 Å². The molecule has 0 spiro atoms. The van der Waals surface area contributed by atoms with E-state index in [0.29, 0.717) is 5.41 Å². The first-order valence-corrected chi connectivity index (χ1v) is 6.15. The second-order valence-corrected chi connectivity index (χ2v) is 4.19. The second kappa shape index (κ2) is 6.20. The van der Waals surface area contributed by atoms with Crippen molar-refractivity contribution < 1.29 is 0 Å². The topological polar surface area (TPSA) is 0 Å². The Bertz CT molecular complexity index is 195. The van der Waals surface area contributed by atoms with E-state index in [-0.39, 0.29) is 0 Å². The lowest BCUT2D eigenvalue weighted by Gasteiger charge is -2.24. The van der Waals surface area contributed by atoms with Gasteiger partial charge in [0.25, 0.3) is 0 Å². The Morgan fingerprint density at radius 2 is 1.77 bits per heavy atom. The van der Waals surface area contributed by atoms with Crippen molar-refractivity contribution in [1.82, 2.24) is 0 Å². The van der Waals surface area contributed by atoms with Crippen LogP contribution in [0.3, 0.4) is 0 Å². The van der Waals surface area contributed by atoms with E-state index < -0.39 is 0 Å². The summed E-state index contributed by atoms with van der Waals surface area (Å²) in [4.78, 5) is 1.53. The van der Waals surface area contributed by atoms with E-state index in [1.54, 1.807) is 0 Å². The highest BCUT2D eigenvalue weighted by atomic mass is 32.1. The molecule has 0 saturated heterocycles. The summed E-state index contributed by atoms with van der Waals surface area (Å²) < 4.78 is 0. The molecular weight excluding hydrogens is 176 g/mol. The van der Waals surface area contributed by atoms with E-state index in [1.807, 2.05) is 25.2 Å². The van der Waals surface area contributed by atoms with Gasteiger partial charge in [0, 0.05) is 10.3 Å².